The third-order valence-electron chi connectivity index (χ3n) is 3.86. The van der Waals surface area contributed by atoms with Gasteiger partial charge < -0.3 is 15.4 Å². The van der Waals surface area contributed by atoms with Gasteiger partial charge in [0.2, 0.25) is 0 Å². The van der Waals surface area contributed by atoms with Gasteiger partial charge in [0, 0.05) is 18.0 Å². The number of ether oxygens (including phenoxy) is 1. The maximum absolute atomic E-state index is 5.88. The first-order valence-corrected chi connectivity index (χ1v) is 7.86. The lowest BCUT2D eigenvalue weighted by molar-refractivity contribution is 0.0643. The Balaban J connectivity index is 2.32. The largest absolute Gasteiger partial charge is 0.377 e. The van der Waals surface area contributed by atoms with Crippen molar-refractivity contribution in [3.63, 3.8) is 0 Å². The van der Waals surface area contributed by atoms with Crippen LogP contribution in [-0.4, -0.2) is 30.3 Å². The SMILES string of the molecule is CCC(C)c1nc(N2CCOCC2(C)C)sc1CN. The summed E-state index contributed by atoms with van der Waals surface area (Å²) in [5.41, 5.74) is 7.08. The second-order valence-corrected chi connectivity index (χ2v) is 6.90. The van der Waals surface area contributed by atoms with E-state index in [9.17, 15) is 0 Å². The third-order valence-corrected chi connectivity index (χ3v) is 4.97. The lowest BCUT2D eigenvalue weighted by Crippen LogP contribution is -2.53. The molecule has 5 heteroatoms. The van der Waals surface area contributed by atoms with Crippen molar-refractivity contribution >= 4 is 16.5 Å². The zero-order valence-electron chi connectivity index (χ0n) is 12.4. The van der Waals surface area contributed by atoms with E-state index < -0.39 is 0 Å². The molecule has 0 radical (unpaired) electrons. The van der Waals surface area contributed by atoms with Gasteiger partial charge in [0.05, 0.1) is 24.4 Å². The number of morpholine rings is 1. The number of hydrogen-bond acceptors (Lipinski definition) is 5. The summed E-state index contributed by atoms with van der Waals surface area (Å²) in [7, 11) is 0. The molecule has 1 saturated heterocycles. The fourth-order valence-corrected chi connectivity index (χ4v) is 3.65. The lowest BCUT2D eigenvalue weighted by Gasteiger charge is -2.42. The number of thiazole rings is 1. The molecule has 2 rings (SSSR count). The Bertz CT molecular complexity index is 430. The Morgan fingerprint density at radius 2 is 2.26 bits per heavy atom. The smallest absolute Gasteiger partial charge is 0.186 e. The fraction of sp³-hybridized carbons (Fsp3) is 0.786. The van der Waals surface area contributed by atoms with Gasteiger partial charge in [-0.2, -0.15) is 0 Å². The molecule has 0 amide bonds. The van der Waals surface area contributed by atoms with E-state index in [1.807, 2.05) is 0 Å². The van der Waals surface area contributed by atoms with Crippen molar-refractivity contribution in [2.24, 2.45) is 5.73 Å². The third kappa shape index (κ3) is 2.93. The summed E-state index contributed by atoms with van der Waals surface area (Å²) in [6.07, 6.45) is 1.10. The average Bonchev–Trinajstić information content (AvgIpc) is 2.81. The van der Waals surface area contributed by atoms with Crippen LogP contribution in [0.15, 0.2) is 0 Å². The van der Waals surface area contributed by atoms with Gasteiger partial charge in [0.1, 0.15) is 0 Å². The molecule has 4 nitrogen and oxygen atoms in total. The highest BCUT2D eigenvalue weighted by Gasteiger charge is 2.33. The second-order valence-electron chi connectivity index (χ2n) is 5.83. The number of nitrogens with two attached hydrogens (primary N) is 1. The van der Waals surface area contributed by atoms with Crippen LogP contribution in [0.3, 0.4) is 0 Å². The molecule has 0 aromatic carbocycles. The van der Waals surface area contributed by atoms with Crippen LogP contribution in [0.25, 0.3) is 0 Å². The maximum Gasteiger partial charge on any atom is 0.186 e. The average molecular weight is 283 g/mol. The molecule has 1 atom stereocenters. The maximum atomic E-state index is 5.88. The summed E-state index contributed by atoms with van der Waals surface area (Å²) in [5.74, 6) is 0.479. The molecule has 108 valence electrons. The van der Waals surface area contributed by atoms with Crippen LogP contribution >= 0.6 is 11.3 Å². The van der Waals surface area contributed by atoms with Gasteiger partial charge in [-0.25, -0.2) is 4.98 Å². The van der Waals surface area contributed by atoms with Crippen molar-refractivity contribution in [2.45, 2.75) is 52.1 Å². The normalized spacial score (nSPS) is 20.6. The zero-order chi connectivity index (χ0) is 14.0. The van der Waals surface area contributed by atoms with Gasteiger partial charge in [-0.1, -0.05) is 13.8 Å². The van der Waals surface area contributed by atoms with E-state index in [-0.39, 0.29) is 5.54 Å². The number of rotatable bonds is 4. The summed E-state index contributed by atoms with van der Waals surface area (Å²) in [5, 5.41) is 1.10. The summed E-state index contributed by atoms with van der Waals surface area (Å²) < 4.78 is 5.58. The molecule has 1 fully saturated rings. The molecular formula is C14H25N3OS. The predicted molar refractivity (Wildman–Crippen MR) is 81.0 cm³/mol. The first-order valence-electron chi connectivity index (χ1n) is 7.04. The summed E-state index contributed by atoms with van der Waals surface area (Å²) in [6, 6.07) is 0. The van der Waals surface area contributed by atoms with Gasteiger partial charge in [-0.3, -0.25) is 0 Å². The molecule has 1 aliphatic heterocycles. The van der Waals surface area contributed by atoms with E-state index in [1.54, 1.807) is 11.3 Å². The topological polar surface area (TPSA) is 51.4 Å². The van der Waals surface area contributed by atoms with E-state index in [1.165, 1.54) is 10.6 Å². The minimum absolute atomic E-state index is 0.00863. The van der Waals surface area contributed by atoms with Crippen LogP contribution in [0.1, 0.15) is 50.6 Å². The molecule has 0 spiro atoms. The standard InChI is InChI=1S/C14H25N3OS/c1-5-10(2)12-11(8-15)19-13(16-12)17-6-7-18-9-14(17,3)4/h10H,5-9,15H2,1-4H3. The Hall–Kier alpha value is -0.650. The lowest BCUT2D eigenvalue weighted by atomic mass is 10.0. The van der Waals surface area contributed by atoms with E-state index >= 15 is 0 Å². The molecule has 1 aromatic rings. The van der Waals surface area contributed by atoms with Crippen LogP contribution < -0.4 is 10.6 Å². The molecule has 1 aliphatic rings. The summed E-state index contributed by atoms with van der Waals surface area (Å²) >= 11 is 1.75. The quantitative estimate of drug-likeness (QED) is 0.923. The highest BCUT2D eigenvalue weighted by atomic mass is 32.1. The van der Waals surface area contributed by atoms with Crippen molar-refractivity contribution in [1.82, 2.24) is 4.98 Å². The molecular weight excluding hydrogens is 258 g/mol. The van der Waals surface area contributed by atoms with Crippen LogP contribution in [-0.2, 0) is 11.3 Å². The monoisotopic (exact) mass is 283 g/mol. The van der Waals surface area contributed by atoms with Gasteiger partial charge in [0.15, 0.2) is 5.13 Å². The minimum atomic E-state index is 0.00863. The van der Waals surface area contributed by atoms with Crippen LogP contribution in [0.2, 0.25) is 0 Å². The first kappa shape index (κ1) is 14.8. The van der Waals surface area contributed by atoms with Crippen molar-refractivity contribution in [1.29, 1.82) is 0 Å². The summed E-state index contributed by atoms with van der Waals surface area (Å²) in [4.78, 5) is 8.48. The molecule has 2 N–H and O–H groups in total. The van der Waals surface area contributed by atoms with E-state index in [2.05, 4.69) is 32.6 Å². The van der Waals surface area contributed by atoms with Gasteiger partial charge in [-0.15, -0.1) is 11.3 Å². The van der Waals surface area contributed by atoms with Gasteiger partial charge in [0.25, 0.3) is 0 Å². The van der Waals surface area contributed by atoms with Crippen molar-refractivity contribution in [3.8, 4) is 0 Å². The number of nitrogens with zero attached hydrogens (tertiary/aromatic N) is 2. The zero-order valence-corrected chi connectivity index (χ0v) is 13.2. The van der Waals surface area contributed by atoms with E-state index in [0.29, 0.717) is 12.5 Å². The van der Waals surface area contributed by atoms with Crippen molar-refractivity contribution in [2.75, 3.05) is 24.7 Å². The Kier molecular flexibility index (Phi) is 4.48. The Morgan fingerprint density at radius 3 is 2.84 bits per heavy atom. The Labute approximate surface area is 120 Å². The van der Waals surface area contributed by atoms with E-state index in [4.69, 9.17) is 15.5 Å². The van der Waals surface area contributed by atoms with E-state index in [0.717, 1.165) is 31.3 Å². The molecule has 1 aromatic heterocycles. The summed E-state index contributed by atoms with van der Waals surface area (Å²) in [6.45, 7) is 11.9. The Morgan fingerprint density at radius 1 is 1.53 bits per heavy atom. The van der Waals surface area contributed by atoms with Gasteiger partial charge in [-0.05, 0) is 26.2 Å². The number of anilines is 1. The van der Waals surface area contributed by atoms with Crippen LogP contribution in [0.4, 0.5) is 5.13 Å². The molecule has 0 saturated carbocycles. The van der Waals surface area contributed by atoms with Gasteiger partial charge >= 0.3 is 0 Å². The minimum Gasteiger partial charge on any atom is -0.377 e. The van der Waals surface area contributed by atoms with Crippen LogP contribution in [0, 0.1) is 0 Å². The number of hydrogen-bond donors (Lipinski definition) is 1. The number of aromatic nitrogens is 1. The highest BCUT2D eigenvalue weighted by Crippen LogP contribution is 2.35. The molecule has 0 bridgehead atoms. The first-order chi connectivity index (χ1) is 8.99. The fourth-order valence-electron chi connectivity index (χ4n) is 2.40. The molecule has 1 unspecified atom stereocenters. The highest BCUT2D eigenvalue weighted by molar-refractivity contribution is 7.15. The molecule has 19 heavy (non-hydrogen) atoms. The van der Waals surface area contributed by atoms with Crippen molar-refractivity contribution in [3.05, 3.63) is 10.6 Å². The predicted octanol–water partition coefficient (Wildman–Crippen LogP) is 2.73. The molecule has 2 heterocycles. The van der Waals surface area contributed by atoms with Crippen molar-refractivity contribution < 1.29 is 4.74 Å². The second kappa shape index (κ2) is 5.77. The van der Waals surface area contributed by atoms with Crippen LogP contribution in [0.5, 0.6) is 0 Å². The molecule has 0 aliphatic carbocycles.